The van der Waals surface area contributed by atoms with Crippen LogP contribution in [0.1, 0.15) is 29.9 Å². The van der Waals surface area contributed by atoms with Crippen molar-refractivity contribution in [1.29, 1.82) is 0 Å². The summed E-state index contributed by atoms with van der Waals surface area (Å²) < 4.78 is 2.40. The lowest BCUT2D eigenvalue weighted by Gasteiger charge is -2.37. The van der Waals surface area contributed by atoms with Gasteiger partial charge >= 0.3 is 0 Å². The van der Waals surface area contributed by atoms with Gasteiger partial charge in [-0.2, -0.15) is 0 Å². The Labute approximate surface area is 137 Å². The maximum absolute atomic E-state index is 5.61. The van der Waals surface area contributed by atoms with Crippen molar-refractivity contribution in [2.24, 2.45) is 0 Å². The molecule has 0 amide bonds. The highest BCUT2D eigenvalue weighted by molar-refractivity contribution is 7.80. The maximum Gasteiger partial charge on any atom is 0.169 e. The Hall–Kier alpha value is -1.81. The molecule has 2 heterocycles. The lowest BCUT2D eigenvalue weighted by atomic mass is 10.1. The molecule has 1 N–H and O–H groups in total. The number of hydrogen-bond donors (Lipinski definition) is 1. The van der Waals surface area contributed by atoms with Crippen LogP contribution in [0.5, 0.6) is 0 Å². The Kier molecular flexibility index (Phi) is 4.48. The summed E-state index contributed by atoms with van der Waals surface area (Å²) in [5.41, 5.74) is 4.04. The fraction of sp³-hybridized carbons (Fsp3) is 0.389. The second kappa shape index (κ2) is 6.53. The molecule has 1 aromatic carbocycles. The molecule has 0 unspecified atom stereocenters. The minimum absolute atomic E-state index is 0.333. The van der Waals surface area contributed by atoms with Gasteiger partial charge < -0.3 is 14.8 Å². The molecular weight excluding hydrogens is 290 g/mol. The van der Waals surface area contributed by atoms with Gasteiger partial charge in [-0.1, -0.05) is 30.3 Å². The second-order valence-corrected chi connectivity index (χ2v) is 6.27. The Bertz CT molecular complexity index is 648. The molecule has 3 nitrogen and oxygen atoms in total. The van der Waals surface area contributed by atoms with E-state index < -0.39 is 0 Å². The molecule has 0 radical (unpaired) electrons. The summed E-state index contributed by atoms with van der Waals surface area (Å²) >= 11 is 5.61. The molecule has 0 aliphatic carbocycles. The van der Waals surface area contributed by atoms with Crippen molar-refractivity contribution in [2.45, 2.75) is 32.9 Å². The van der Waals surface area contributed by atoms with E-state index >= 15 is 0 Å². The predicted molar refractivity (Wildman–Crippen MR) is 95.0 cm³/mol. The van der Waals surface area contributed by atoms with Gasteiger partial charge in [-0.15, -0.1) is 0 Å². The van der Waals surface area contributed by atoms with Crippen LogP contribution >= 0.6 is 12.2 Å². The molecule has 0 bridgehead atoms. The first-order valence-corrected chi connectivity index (χ1v) is 8.32. The monoisotopic (exact) mass is 313 g/mol. The normalized spacial score (nSPS) is 17.2. The fourth-order valence-electron chi connectivity index (χ4n) is 3.16. The van der Waals surface area contributed by atoms with E-state index in [0.29, 0.717) is 6.04 Å². The van der Waals surface area contributed by atoms with Gasteiger partial charge in [-0.25, -0.2) is 0 Å². The molecule has 1 aliphatic heterocycles. The van der Waals surface area contributed by atoms with Gasteiger partial charge in [0.15, 0.2) is 5.11 Å². The van der Waals surface area contributed by atoms with Crippen LogP contribution in [-0.4, -0.2) is 27.7 Å². The summed E-state index contributed by atoms with van der Waals surface area (Å²) in [7, 11) is 0. The molecule has 2 aromatic rings. The molecule has 4 heteroatoms. The van der Waals surface area contributed by atoms with Crippen molar-refractivity contribution in [2.75, 3.05) is 13.1 Å². The number of rotatable bonds is 3. The Morgan fingerprint density at radius 1 is 1.18 bits per heavy atom. The summed E-state index contributed by atoms with van der Waals surface area (Å²) in [5, 5.41) is 4.29. The van der Waals surface area contributed by atoms with Crippen LogP contribution < -0.4 is 5.32 Å². The van der Waals surface area contributed by atoms with E-state index in [4.69, 9.17) is 12.2 Å². The van der Waals surface area contributed by atoms with E-state index in [9.17, 15) is 0 Å². The fourth-order valence-corrected chi connectivity index (χ4v) is 3.51. The Balaban J connectivity index is 1.57. The average Bonchev–Trinajstić information content (AvgIpc) is 2.91. The molecule has 3 rings (SSSR count). The average molecular weight is 313 g/mol. The quantitative estimate of drug-likeness (QED) is 0.878. The van der Waals surface area contributed by atoms with Crippen LogP contribution in [0.3, 0.4) is 0 Å². The Morgan fingerprint density at radius 3 is 2.73 bits per heavy atom. The van der Waals surface area contributed by atoms with Crippen molar-refractivity contribution in [3.63, 3.8) is 0 Å². The van der Waals surface area contributed by atoms with E-state index in [1.54, 1.807) is 0 Å². The van der Waals surface area contributed by atoms with E-state index in [1.807, 2.05) is 6.07 Å². The summed E-state index contributed by atoms with van der Waals surface area (Å²) in [6.45, 7) is 7.27. The third kappa shape index (κ3) is 3.02. The van der Waals surface area contributed by atoms with E-state index in [-0.39, 0.29) is 0 Å². The van der Waals surface area contributed by atoms with Crippen LogP contribution in [-0.2, 0) is 13.0 Å². The first-order chi connectivity index (χ1) is 10.7. The first-order valence-electron chi connectivity index (χ1n) is 7.91. The molecule has 116 valence electrons. The predicted octanol–water partition coefficient (Wildman–Crippen LogP) is 3.29. The molecule has 0 saturated heterocycles. The number of nitrogens with zero attached hydrogens (tertiary/aromatic N) is 2. The van der Waals surface area contributed by atoms with E-state index in [1.165, 1.54) is 17.0 Å². The molecule has 1 atom stereocenters. The molecular formula is C18H23N3S. The van der Waals surface area contributed by atoms with E-state index in [2.05, 4.69) is 65.0 Å². The number of benzene rings is 1. The molecule has 0 fully saturated rings. The number of thiocarbonyl (C=S) groups is 1. The van der Waals surface area contributed by atoms with Gasteiger partial charge in [0.05, 0.1) is 6.04 Å². The SMILES string of the molecule is Cc1ccc2n1CCN(C(=S)NCCc1ccccc1)[C@H]2C. The number of fused-ring (bicyclic) bond motifs is 1. The third-order valence-electron chi connectivity index (χ3n) is 4.49. The number of nitrogens with one attached hydrogen (secondary N) is 1. The highest BCUT2D eigenvalue weighted by atomic mass is 32.1. The van der Waals surface area contributed by atoms with Crippen molar-refractivity contribution in [3.05, 3.63) is 59.4 Å². The lowest BCUT2D eigenvalue weighted by molar-refractivity contribution is 0.267. The lowest BCUT2D eigenvalue weighted by Crippen LogP contribution is -2.46. The molecule has 1 aromatic heterocycles. The van der Waals surface area contributed by atoms with Gasteiger partial charge in [0, 0.05) is 31.0 Å². The van der Waals surface area contributed by atoms with Crippen LogP contribution in [0.2, 0.25) is 0 Å². The molecule has 1 aliphatic rings. The minimum Gasteiger partial charge on any atom is -0.362 e. The zero-order chi connectivity index (χ0) is 15.5. The maximum atomic E-state index is 5.61. The van der Waals surface area contributed by atoms with Gasteiger partial charge in [0.1, 0.15) is 0 Å². The first kappa shape index (κ1) is 15.1. The minimum atomic E-state index is 0.333. The van der Waals surface area contributed by atoms with Gasteiger partial charge in [-0.05, 0) is 50.2 Å². The highest BCUT2D eigenvalue weighted by Gasteiger charge is 2.26. The van der Waals surface area contributed by atoms with Crippen molar-refractivity contribution >= 4 is 17.3 Å². The van der Waals surface area contributed by atoms with Crippen LogP contribution in [0.15, 0.2) is 42.5 Å². The number of hydrogen-bond acceptors (Lipinski definition) is 1. The number of aryl methyl sites for hydroxylation is 1. The van der Waals surface area contributed by atoms with Gasteiger partial charge in [0.2, 0.25) is 0 Å². The molecule has 0 saturated carbocycles. The molecule has 22 heavy (non-hydrogen) atoms. The van der Waals surface area contributed by atoms with Crippen molar-refractivity contribution in [3.8, 4) is 0 Å². The van der Waals surface area contributed by atoms with Gasteiger partial charge in [0.25, 0.3) is 0 Å². The summed E-state index contributed by atoms with van der Waals surface area (Å²) in [4.78, 5) is 2.30. The molecule has 0 spiro atoms. The van der Waals surface area contributed by atoms with Crippen molar-refractivity contribution in [1.82, 2.24) is 14.8 Å². The third-order valence-corrected chi connectivity index (χ3v) is 4.87. The van der Waals surface area contributed by atoms with Crippen LogP contribution in [0, 0.1) is 6.92 Å². The van der Waals surface area contributed by atoms with Gasteiger partial charge in [-0.3, -0.25) is 0 Å². The van der Waals surface area contributed by atoms with Crippen LogP contribution in [0.4, 0.5) is 0 Å². The summed E-state index contributed by atoms with van der Waals surface area (Å²) in [6, 6.07) is 15.3. The standard InChI is InChI=1S/C18H23N3S/c1-14-8-9-17-15(2)21(13-12-20(14)17)18(22)19-11-10-16-6-4-3-5-7-16/h3-9,15H,10-13H2,1-2H3,(H,19,22)/t15-/m0/s1. The smallest absolute Gasteiger partial charge is 0.169 e. The summed E-state index contributed by atoms with van der Waals surface area (Å²) in [5.74, 6) is 0. The Morgan fingerprint density at radius 2 is 1.95 bits per heavy atom. The van der Waals surface area contributed by atoms with Crippen molar-refractivity contribution < 1.29 is 0 Å². The largest absolute Gasteiger partial charge is 0.362 e. The van der Waals surface area contributed by atoms with E-state index in [0.717, 1.165) is 31.2 Å². The van der Waals surface area contributed by atoms with Crippen LogP contribution in [0.25, 0.3) is 0 Å². The topological polar surface area (TPSA) is 20.2 Å². The summed E-state index contributed by atoms with van der Waals surface area (Å²) in [6.07, 6.45) is 0.999. The second-order valence-electron chi connectivity index (χ2n) is 5.89. The zero-order valence-electron chi connectivity index (χ0n) is 13.2. The zero-order valence-corrected chi connectivity index (χ0v) is 14.1. The number of aromatic nitrogens is 1. The highest BCUT2D eigenvalue weighted by Crippen LogP contribution is 2.27.